The average Bonchev–Trinajstić information content (AvgIpc) is 2.39. The maximum absolute atomic E-state index is 12.3. The van der Waals surface area contributed by atoms with E-state index in [-0.39, 0.29) is 17.4 Å². The lowest BCUT2D eigenvalue weighted by atomic mass is 9.84. The predicted octanol–water partition coefficient (Wildman–Crippen LogP) is 0.0738. The minimum Gasteiger partial charge on any atom is -0.312 e. The van der Waals surface area contributed by atoms with E-state index in [2.05, 4.69) is 0 Å². The Morgan fingerprint density at radius 1 is 1.20 bits per heavy atom. The molecule has 3 heterocycles. The molecule has 0 aromatic carbocycles. The number of aromatic nitrogens is 1. The second-order valence-corrected chi connectivity index (χ2v) is 7.95. The van der Waals surface area contributed by atoms with Crippen LogP contribution in [0.5, 0.6) is 0 Å². The molecular weight excluding hydrogens is 278 g/mol. The van der Waals surface area contributed by atoms with Gasteiger partial charge in [-0.3, -0.25) is 4.79 Å². The number of hydrogen-bond acceptors (Lipinski definition) is 3. The zero-order chi connectivity index (χ0) is 14.5. The second-order valence-electron chi connectivity index (χ2n) is 5.81. The quantitative estimate of drug-likeness (QED) is 0.776. The topological polar surface area (TPSA) is 62.6 Å². The third kappa shape index (κ3) is 2.10. The molecule has 0 amide bonds. The molecule has 1 aromatic heterocycles. The molecule has 6 nitrogen and oxygen atoms in total. The number of fused-ring (bicyclic) bond motifs is 4. The second kappa shape index (κ2) is 4.68. The van der Waals surface area contributed by atoms with Crippen molar-refractivity contribution in [2.75, 3.05) is 27.2 Å². The fourth-order valence-corrected chi connectivity index (χ4v) is 4.50. The highest BCUT2D eigenvalue weighted by atomic mass is 32.2. The lowest BCUT2D eigenvalue weighted by Crippen LogP contribution is -2.51. The average molecular weight is 297 g/mol. The van der Waals surface area contributed by atoms with Crippen molar-refractivity contribution < 1.29 is 8.42 Å². The molecule has 2 bridgehead atoms. The first kappa shape index (κ1) is 13.8. The van der Waals surface area contributed by atoms with Gasteiger partial charge >= 0.3 is 0 Å². The van der Waals surface area contributed by atoms with Crippen LogP contribution in [0.2, 0.25) is 0 Å². The molecule has 2 atom stereocenters. The van der Waals surface area contributed by atoms with Crippen LogP contribution in [0.15, 0.2) is 23.0 Å². The van der Waals surface area contributed by atoms with E-state index in [4.69, 9.17) is 0 Å². The summed E-state index contributed by atoms with van der Waals surface area (Å²) in [5.41, 5.74) is 0.980. The summed E-state index contributed by atoms with van der Waals surface area (Å²) in [6.45, 7) is 1.57. The fraction of sp³-hybridized carbons (Fsp3) is 0.615. The Kier molecular flexibility index (Phi) is 3.23. The summed E-state index contributed by atoms with van der Waals surface area (Å²) in [5, 5.41) is 0. The van der Waals surface area contributed by atoms with Gasteiger partial charge in [0.1, 0.15) is 0 Å². The summed E-state index contributed by atoms with van der Waals surface area (Å²) < 4.78 is 29.2. The normalized spacial score (nSPS) is 26.6. The van der Waals surface area contributed by atoms with Crippen molar-refractivity contribution in [3.8, 4) is 0 Å². The van der Waals surface area contributed by atoms with Crippen LogP contribution in [-0.2, 0) is 16.8 Å². The molecule has 1 fully saturated rings. The van der Waals surface area contributed by atoms with Crippen molar-refractivity contribution in [3.63, 3.8) is 0 Å². The van der Waals surface area contributed by atoms with Crippen LogP contribution in [-0.4, -0.2) is 48.8 Å². The lowest BCUT2D eigenvalue weighted by molar-refractivity contribution is 0.180. The van der Waals surface area contributed by atoms with Crippen LogP contribution in [0.25, 0.3) is 0 Å². The van der Waals surface area contributed by atoms with Gasteiger partial charge in [0.2, 0.25) is 0 Å². The standard InChI is InChI=1S/C13H19N3O3S/c1-14(2)20(18,19)15-7-10-6-11(9-15)12-4-3-5-13(17)16(12)8-10/h3-5,10-11H,6-9H2,1-2H3/t10-,11+/m1/s1. The minimum atomic E-state index is -3.38. The van der Waals surface area contributed by atoms with Gasteiger partial charge < -0.3 is 4.57 Å². The summed E-state index contributed by atoms with van der Waals surface area (Å²) in [7, 11) is -0.268. The molecule has 110 valence electrons. The summed E-state index contributed by atoms with van der Waals surface area (Å²) in [6, 6.07) is 5.26. The Bertz CT molecular complexity index is 680. The zero-order valence-corrected chi connectivity index (χ0v) is 12.5. The van der Waals surface area contributed by atoms with Crippen LogP contribution in [0, 0.1) is 5.92 Å². The Balaban J connectivity index is 1.97. The van der Waals surface area contributed by atoms with Gasteiger partial charge in [0.15, 0.2) is 0 Å². The van der Waals surface area contributed by atoms with Crippen molar-refractivity contribution >= 4 is 10.2 Å². The van der Waals surface area contributed by atoms with Crippen molar-refractivity contribution in [2.24, 2.45) is 5.92 Å². The molecule has 3 rings (SSSR count). The molecule has 0 unspecified atom stereocenters. The highest BCUT2D eigenvalue weighted by Crippen LogP contribution is 2.36. The maximum Gasteiger partial charge on any atom is 0.281 e. The summed E-state index contributed by atoms with van der Waals surface area (Å²) in [6.07, 6.45) is 0.961. The lowest BCUT2D eigenvalue weighted by Gasteiger charge is -2.42. The van der Waals surface area contributed by atoms with Gasteiger partial charge in [-0.2, -0.15) is 17.0 Å². The van der Waals surface area contributed by atoms with Crippen LogP contribution in [0.3, 0.4) is 0 Å². The van der Waals surface area contributed by atoms with E-state index in [9.17, 15) is 13.2 Å². The number of hydrogen-bond donors (Lipinski definition) is 0. The van der Waals surface area contributed by atoms with Crippen LogP contribution < -0.4 is 5.56 Å². The monoisotopic (exact) mass is 297 g/mol. The van der Waals surface area contributed by atoms with Crippen LogP contribution in [0.1, 0.15) is 18.0 Å². The van der Waals surface area contributed by atoms with Gasteiger partial charge in [0.25, 0.3) is 15.8 Å². The molecule has 1 saturated heterocycles. The van der Waals surface area contributed by atoms with Gasteiger partial charge in [-0.05, 0) is 18.4 Å². The number of rotatable bonds is 2. The largest absolute Gasteiger partial charge is 0.312 e. The van der Waals surface area contributed by atoms with Crippen molar-refractivity contribution in [1.29, 1.82) is 0 Å². The highest BCUT2D eigenvalue weighted by Gasteiger charge is 2.39. The molecule has 20 heavy (non-hydrogen) atoms. The summed E-state index contributed by atoms with van der Waals surface area (Å²) in [5.74, 6) is 0.335. The molecule has 0 saturated carbocycles. The zero-order valence-electron chi connectivity index (χ0n) is 11.7. The van der Waals surface area contributed by atoms with Crippen LogP contribution >= 0.6 is 0 Å². The van der Waals surface area contributed by atoms with Gasteiger partial charge in [0.05, 0.1) is 0 Å². The highest BCUT2D eigenvalue weighted by molar-refractivity contribution is 7.86. The van der Waals surface area contributed by atoms with Crippen LogP contribution in [0.4, 0.5) is 0 Å². The third-order valence-electron chi connectivity index (χ3n) is 4.23. The molecule has 2 aliphatic heterocycles. The first-order valence-electron chi connectivity index (χ1n) is 6.77. The van der Waals surface area contributed by atoms with Crippen molar-refractivity contribution in [2.45, 2.75) is 18.9 Å². The molecule has 0 N–H and O–H groups in total. The molecule has 0 spiro atoms. The van der Waals surface area contributed by atoms with E-state index in [1.165, 1.54) is 4.31 Å². The summed E-state index contributed by atoms with van der Waals surface area (Å²) >= 11 is 0. The van der Waals surface area contributed by atoms with E-state index in [0.717, 1.165) is 12.1 Å². The fourth-order valence-electron chi connectivity index (χ4n) is 3.27. The van der Waals surface area contributed by atoms with Gasteiger partial charge in [0, 0.05) is 51.4 Å². The molecule has 0 aliphatic carbocycles. The Hall–Kier alpha value is -1.18. The molecule has 0 radical (unpaired) electrons. The summed E-state index contributed by atoms with van der Waals surface area (Å²) in [4.78, 5) is 11.9. The van der Waals surface area contributed by atoms with Gasteiger partial charge in [-0.15, -0.1) is 0 Å². The van der Waals surface area contributed by atoms with E-state index < -0.39 is 10.2 Å². The molecular formula is C13H19N3O3S. The first-order chi connectivity index (χ1) is 9.39. The Morgan fingerprint density at radius 2 is 1.95 bits per heavy atom. The van der Waals surface area contributed by atoms with Gasteiger partial charge in [-0.25, -0.2) is 0 Å². The van der Waals surface area contributed by atoms with E-state index >= 15 is 0 Å². The first-order valence-corrected chi connectivity index (χ1v) is 8.16. The Morgan fingerprint density at radius 3 is 2.65 bits per heavy atom. The maximum atomic E-state index is 12.3. The molecule has 7 heteroatoms. The Labute approximate surface area is 118 Å². The number of nitrogens with zero attached hydrogens (tertiary/aromatic N) is 3. The molecule has 1 aromatic rings. The van der Waals surface area contributed by atoms with E-state index in [1.54, 1.807) is 35.1 Å². The number of pyridine rings is 1. The van der Waals surface area contributed by atoms with E-state index in [0.29, 0.717) is 19.6 Å². The number of piperidine rings is 1. The van der Waals surface area contributed by atoms with Crippen molar-refractivity contribution in [3.05, 3.63) is 34.2 Å². The smallest absolute Gasteiger partial charge is 0.281 e. The SMILES string of the molecule is CN(C)S(=O)(=O)N1C[C@H]2C[C@@H](C1)c1cccc(=O)n1C2. The minimum absolute atomic E-state index is 0.0149. The van der Waals surface area contributed by atoms with Gasteiger partial charge in [-0.1, -0.05) is 6.07 Å². The third-order valence-corrected chi connectivity index (χ3v) is 6.11. The predicted molar refractivity (Wildman–Crippen MR) is 75.7 cm³/mol. The molecule has 2 aliphatic rings. The van der Waals surface area contributed by atoms with Crippen molar-refractivity contribution in [1.82, 2.24) is 13.2 Å². The van der Waals surface area contributed by atoms with E-state index in [1.807, 2.05) is 6.07 Å².